The van der Waals surface area contributed by atoms with Gasteiger partial charge >= 0.3 is 0 Å². The van der Waals surface area contributed by atoms with Gasteiger partial charge in [-0.25, -0.2) is 4.68 Å². The molecule has 0 fully saturated rings. The van der Waals surface area contributed by atoms with Gasteiger partial charge in [-0.1, -0.05) is 102 Å². The molecule has 43 heavy (non-hydrogen) atoms. The van der Waals surface area contributed by atoms with Crippen LogP contribution in [0.25, 0.3) is 0 Å². The number of aromatic nitrogens is 3. The number of nitrogens with one attached hydrogen (secondary N) is 2. The summed E-state index contributed by atoms with van der Waals surface area (Å²) >= 11 is 7.87. The summed E-state index contributed by atoms with van der Waals surface area (Å²) in [6.45, 7) is 2.46. The number of ether oxygens (including phenoxy) is 1. The normalized spacial score (nSPS) is 14.1. The zero-order valence-electron chi connectivity index (χ0n) is 23.5. The predicted molar refractivity (Wildman–Crippen MR) is 173 cm³/mol. The number of hydrogen-bond donors (Lipinski definition) is 2. The van der Waals surface area contributed by atoms with Crippen molar-refractivity contribution in [3.05, 3.63) is 142 Å². The minimum atomic E-state index is -0.500. The molecule has 0 aliphatic carbocycles. The largest absolute Gasteiger partial charge is 0.493 e. The maximum atomic E-state index is 13.8. The van der Waals surface area contributed by atoms with Crippen LogP contribution in [0.15, 0.2) is 126 Å². The van der Waals surface area contributed by atoms with E-state index in [1.54, 1.807) is 4.68 Å². The van der Waals surface area contributed by atoms with Crippen LogP contribution in [0.1, 0.15) is 29.7 Å². The molecule has 1 unspecified atom stereocenters. The average Bonchev–Trinajstić information content (AvgIpc) is 3.43. The Bertz CT molecular complexity index is 1740. The molecule has 6 rings (SSSR count). The first kappa shape index (κ1) is 28.6. The van der Waals surface area contributed by atoms with Gasteiger partial charge in [-0.05, 0) is 53.9 Å². The minimum absolute atomic E-state index is 0.212. The maximum Gasteiger partial charge on any atom is 0.255 e. The van der Waals surface area contributed by atoms with Crippen LogP contribution in [0, 0.1) is 0 Å². The van der Waals surface area contributed by atoms with E-state index in [0.29, 0.717) is 45.4 Å². The lowest BCUT2D eigenvalue weighted by Gasteiger charge is -2.28. The van der Waals surface area contributed by atoms with Gasteiger partial charge in [-0.2, -0.15) is 4.98 Å². The summed E-state index contributed by atoms with van der Waals surface area (Å²) in [6, 6.07) is 34.8. The first-order valence-corrected chi connectivity index (χ1v) is 15.3. The summed E-state index contributed by atoms with van der Waals surface area (Å²) in [5.74, 6) is 1.75. The SMILES string of the molecule is CC1=C(C(=O)Nc2ccccc2)C(c2ccc(OCCc3ccccc3)cc2)n2nc(SCc3ccccc3Cl)nc2N1. The number of anilines is 2. The van der Waals surface area contributed by atoms with Gasteiger partial charge in [0.25, 0.3) is 5.91 Å². The van der Waals surface area contributed by atoms with Crippen LogP contribution in [0.2, 0.25) is 5.02 Å². The lowest BCUT2D eigenvalue weighted by Crippen LogP contribution is -2.31. The minimum Gasteiger partial charge on any atom is -0.493 e. The highest BCUT2D eigenvalue weighted by molar-refractivity contribution is 7.98. The number of nitrogens with zero attached hydrogens (tertiary/aromatic N) is 3. The first-order chi connectivity index (χ1) is 21.0. The number of thioether (sulfide) groups is 1. The fourth-order valence-corrected chi connectivity index (χ4v) is 6.07. The fraction of sp³-hybridized carbons (Fsp3) is 0.147. The Balaban J connectivity index is 1.27. The van der Waals surface area contributed by atoms with E-state index in [-0.39, 0.29) is 5.91 Å². The molecule has 216 valence electrons. The number of benzene rings is 4. The highest BCUT2D eigenvalue weighted by atomic mass is 35.5. The molecule has 5 aromatic rings. The number of hydrogen-bond acceptors (Lipinski definition) is 6. The Kier molecular flexibility index (Phi) is 8.77. The molecule has 1 atom stereocenters. The van der Waals surface area contributed by atoms with Crippen LogP contribution in [-0.4, -0.2) is 27.3 Å². The summed E-state index contributed by atoms with van der Waals surface area (Å²) < 4.78 is 7.82. The zero-order chi connectivity index (χ0) is 29.6. The smallest absolute Gasteiger partial charge is 0.255 e. The van der Waals surface area contributed by atoms with Crippen molar-refractivity contribution in [2.24, 2.45) is 0 Å². The summed E-state index contributed by atoms with van der Waals surface area (Å²) in [7, 11) is 0. The van der Waals surface area contributed by atoms with Crippen LogP contribution in [0.5, 0.6) is 5.75 Å². The number of allylic oxidation sites excluding steroid dienone is 1. The molecule has 0 saturated carbocycles. The van der Waals surface area contributed by atoms with Gasteiger partial charge in [0.15, 0.2) is 0 Å². The van der Waals surface area contributed by atoms with E-state index in [1.807, 2.05) is 104 Å². The quantitative estimate of drug-likeness (QED) is 0.158. The molecule has 2 N–H and O–H groups in total. The molecule has 7 nitrogen and oxygen atoms in total. The van der Waals surface area contributed by atoms with Gasteiger partial charge in [-0.3, -0.25) is 4.79 Å². The van der Waals surface area contributed by atoms with E-state index in [0.717, 1.165) is 23.3 Å². The second kappa shape index (κ2) is 13.2. The molecule has 9 heteroatoms. The number of fused-ring (bicyclic) bond motifs is 1. The topological polar surface area (TPSA) is 81.1 Å². The zero-order valence-corrected chi connectivity index (χ0v) is 25.1. The summed E-state index contributed by atoms with van der Waals surface area (Å²) in [5, 5.41) is 12.5. The van der Waals surface area contributed by atoms with Gasteiger partial charge in [0.1, 0.15) is 11.8 Å². The van der Waals surface area contributed by atoms with Gasteiger partial charge in [0.2, 0.25) is 11.1 Å². The Labute approximate surface area is 260 Å². The molecule has 2 heterocycles. The van der Waals surface area contributed by atoms with Crippen LogP contribution in [0.4, 0.5) is 11.6 Å². The second-order valence-electron chi connectivity index (χ2n) is 10.1. The third kappa shape index (κ3) is 6.77. The monoisotopic (exact) mass is 607 g/mol. The van der Waals surface area contributed by atoms with Crippen molar-refractivity contribution in [1.82, 2.24) is 14.8 Å². The molecule has 0 spiro atoms. The molecule has 4 aromatic carbocycles. The second-order valence-corrected chi connectivity index (χ2v) is 11.4. The molecule has 1 aliphatic heterocycles. The van der Waals surface area contributed by atoms with Gasteiger partial charge in [0.05, 0.1) is 12.2 Å². The Morgan fingerprint density at radius 3 is 2.40 bits per heavy atom. The molecule has 1 aliphatic rings. The molecule has 0 radical (unpaired) electrons. The fourth-order valence-electron chi connectivity index (χ4n) is 4.95. The third-order valence-corrected chi connectivity index (χ3v) is 8.38. The number of halogens is 1. The maximum absolute atomic E-state index is 13.8. The van der Waals surface area contributed by atoms with E-state index in [1.165, 1.54) is 17.3 Å². The Morgan fingerprint density at radius 1 is 0.953 bits per heavy atom. The Hall–Kier alpha value is -4.53. The third-order valence-electron chi connectivity index (χ3n) is 7.12. The lowest BCUT2D eigenvalue weighted by molar-refractivity contribution is -0.113. The van der Waals surface area contributed by atoms with Gasteiger partial charge in [-0.15, -0.1) is 5.10 Å². The van der Waals surface area contributed by atoms with Crippen molar-refractivity contribution in [2.75, 3.05) is 17.2 Å². The van der Waals surface area contributed by atoms with Gasteiger partial charge < -0.3 is 15.4 Å². The van der Waals surface area contributed by atoms with Crippen molar-refractivity contribution < 1.29 is 9.53 Å². The number of rotatable bonds is 10. The number of carbonyl (C=O) groups excluding carboxylic acids is 1. The summed E-state index contributed by atoms with van der Waals surface area (Å²) in [5.41, 5.74) is 5.11. The van der Waals surface area contributed by atoms with Crippen molar-refractivity contribution in [1.29, 1.82) is 0 Å². The molecule has 0 bridgehead atoms. The van der Waals surface area contributed by atoms with Crippen LogP contribution >= 0.6 is 23.4 Å². The van der Waals surface area contributed by atoms with Crippen molar-refractivity contribution >= 4 is 40.9 Å². The summed E-state index contributed by atoms with van der Waals surface area (Å²) in [4.78, 5) is 18.5. The number of para-hydroxylation sites is 1. The standard InChI is InChI=1S/C34H30ClN5O2S/c1-23-30(32(41)37-27-13-6-3-7-14-27)31(25-16-18-28(19-17-25)42-21-20-24-10-4-2-5-11-24)40-33(36-23)38-34(39-40)43-22-26-12-8-9-15-29(26)35/h2-19,31H,20-22H2,1H3,(H,37,41)(H,36,38,39). The summed E-state index contributed by atoms with van der Waals surface area (Å²) in [6.07, 6.45) is 0.819. The highest BCUT2D eigenvalue weighted by Crippen LogP contribution is 2.38. The van der Waals surface area contributed by atoms with E-state index >= 15 is 0 Å². The van der Waals surface area contributed by atoms with Crippen LogP contribution in [0.3, 0.4) is 0 Å². The number of carbonyl (C=O) groups is 1. The van der Waals surface area contributed by atoms with Crippen LogP contribution < -0.4 is 15.4 Å². The lowest BCUT2D eigenvalue weighted by atomic mass is 9.95. The average molecular weight is 608 g/mol. The molecule has 0 saturated heterocycles. The molecular formula is C34H30ClN5O2S. The van der Waals surface area contributed by atoms with Crippen molar-refractivity contribution in [3.63, 3.8) is 0 Å². The predicted octanol–water partition coefficient (Wildman–Crippen LogP) is 7.77. The van der Waals surface area contributed by atoms with E-state index in [2.05, 4.69) is 22.8 Å². The Morgan fingerprint density at radius 2 is 1.65 bits per heavy atom. The highest BCUT2D eigenvalue weighted by Gasteiger charge is 2.34. The first-order valence-electron chi connectivity index (χ1n) is 14.0. The van der Waals surface area contributed by atoms with Crippen molar-refractivity contribution in [2.45, 2.75) is 30.3 Å². The van der Waals surface area contributed by atoms with Crippen LogP contribution in [-0.2, 0) is 17.0 Å². The van der Waals surface area contributed by atoms with E-state index < -0.39 is 6.04 Å². The number of amides is 1. The molecule has 1 amide bonds. The van der Waals surface area contributed by atoms with Crippen molar-refractivity contribution in [3.8, 4) is 5.75 Å². The van der Waals surface area contributed by atoms with Gasteiger partial charge in [0, 0.05) is 28.6 Å². The molecule has 1 aromatic heterocycles. The van der Waals surface area contributed by atoms with E-state index in [4.69, 9.17) is 26.4 Å². The van der Waals surface area contributed by atoms with E-state index in [9.17, 15) is 4.79 Å². The molecular weight excluding hydrogens is 578 g/mol.